The Morgan fingerprint density at radius 1 is 1.16 bits per heavy atom. The van der Waals surface area contributed by atoms with E-state index >= 15 is 0 Å². The van der Waals surface area contributed by atoms with Crippen LogP contribution in [0.5, 0.6) is 0 Å². The van der Waals surface area contributed by atoms with E-state index in [1.807, 2.05) is 56.3 Å². The second kappa shape index (κ2) is 13.0. The molecular weight excluding hydrogens is 458 g/mol. The molecular formula is C32H37N3O2. The van der Waals surface area contributed by atoms with Crippen molar-refractivity contribution in [2.75, 3.05) is 6.61 Å². The number of hydrogen-bond donors (Lipinski definition) is 1. The van der Waals surface area contributed by atoms with E-state index in [4.69, 9.17) is 4.74 Å². The monoisotopic (exact) mass is 495 g/mol. The summed E-state index contributed by atoms with van der Waals surface area (Å²) in [5, 5.41) is 9.05. The van der Waals surface area contributed by atoms with Gasteiger partial charge in [-0.3, -0.25) is 10.1 Å². The van der Waals surface area contributed by atoms with Crippen LogP contribution in [-0.4, -0.2) is 27.8 Å². The average molecular weight is 496 g/mol. The highest BCUT2D eigenvalue weighted by molar-refractivity contribution is 5.97. The molecule has 1 aliphatic rings. The standard InChI is InChI=1S/C32H37N3O2/c1-4-26(32(36)37-19-10-6-9-15-25-13-7-5-8-14-25)20-28-21-27(18-17-23(28)2)29-22-33-35-31(29)30-16-11-12-24(3)34-30/h4,11-13,16-18,20-22H,2,5-10,14-15,19H2,1,3H3,(H,33,35)/b26-4+,28-20-. The summed E-state index contributed by atoms with van der Waals surface area (Å²) in [5.41, 5.74) is 6.70. The zero-order chi connectivity index (χ0) is 26.0. The first-order valence-corrected chi connectivity index (χ1v) is 13.3. The Hall–Kier alpha value is -3.73. The molecule has 192 valence electrons. The van der Waals surface area contributed by atoms with Crippen LogP contribution in [0.4, 0.5) is 0 Å². The molecule has 0 spiro atoms. The Labute approximate surface area is 219 Å². The van der Waals surface area contributed by atoms with Crippen LogP contribution >= 0.6 is 0 Å². The van der Waals surface area contributed by atoms with E-state index < -0.39 is 0 Å². The number of unbranched alkanes of at least 4 members (excludes halogenated alkanes) is 2. The van der Waals surface area contributed by atoms with Gasteiger partial charge in [0.25, 0.3) is 0 Å². The van der Waals surface area contributed by atoms with Gasteiger partial charge in [-0.2, -0.15) is 5.10 Å². The second-order valence-electron chi connectivity index (χ2n) is 9.68. The number of H-pyrrole nitrogens is 1. The van der Waals surface area contributed by atoms with Crippen LogP contribution in [-0.2, 0) is 9.53 Å². The first-order valence-electron chi connectivity index (χ1n) is 13.3. The number of aryl methyl sites for hydroxylation is 1. The number of hydrogen-bond acceptors (Lipinski definition) is 4. The molecule has 4 rings (SSSR count). The van der Waals surface area contributed by atoms with Crippen LogP contribution < -0.4 is 10.4 Å². The minimum Gasteiger partial charge on any atom is -0.462 e. The SMILES string of the molecule is C=c1ccc(-c2cn[nH]c2-c2cccc(C)n2)c/c1=C/C(=C\C)C(=O)OCCCCCC1=CCCCC1. The van der Waals surface area contributed by atoms with Crippen LogP contribution in [0.25, 0.3) is 35.2 Å². The highest BCUT2D eigenvalue weighted by Crippen LogP contribution is 2.28. The number of benzene rings is 1. The Morgan fingerprint density at radius 3 is 2.84 bits per heavy atom. The van der Waals surface area contributed by atoms with Gasteiger partial charge < -0.3 is 4.74 Å². The lowest BCUT2D eigenvalue weighted by molar-refractivity contribution is -0.138. The molecule has 5 heteroatoms. The summed E-state index contributed by atoms with van der Waals surface area (Å²) in [6, 6.07) is 11.9. The molecule has 0 saturated carbocycles. The van der Waals surface area contributed by atoms with Crippen LogP contribution in [0, 0.1) is 6.92 Å². The molecule has 2 heterocycles. The van der Waals surface area contributed by atoms with Crippen molar-refractivity contribution < 1.29 is 9.53 Å². The van der Waals surface area contributed by atoms with Crippen LogP contribution in [0.15, 0.2) is 65.9 Å². The number of aromatic amines is 1. The summed E-state index contributed by atoms with van der Waals surface area (Å²) in [6.45, 7) is 8.44. The average Bonchev–Trinajstić information content (AvgIpc) is 3.41. The lowest BCUT2D eigenvalue weighted by Gasteiger charge is -2.12. The quantitative estimate of drug-likeness (QED) is 0.158. The first kappa shape index (κ1) is 26.3. The molecule has 37 heavy (non-hydrogen) atoms. The molecule has 2 aromatic heterocycles. The van der Waals surface area contributed by atoms with Gasteiger partial charge in [0, 0.05) is 11.3 Å². The molecule has 0 aliphatic heterocycles. The van der Waals surface area contributed by atoms with E-state index in [2.05, 4.69) is 27.8 Å². The van der Waals surface area contributed by atoms with Crippen LogP contribution in [0.3, 0.4) is 0 Å². The number of aromatic nitrogens is 3. The van der Waals surface area contributed by atoms with Gasteiger partial charge in [0.15, 0.2) is 0 Å². The zero-order valence-electron chi connectivity index (χ0n) is 22.1. The smallest absolute Gasteiger partial charge is 0.337 e. The van der Waals surface area contributed by atoms with Gasteiger partial charge in [0.05, 0.1) is 29.8 Å². The number of esters is 1. The Balaban J connectivity index is 1.41. The molecule has 3 aromatic rings. The number of carbonyl (C=O) groups excluding carboxylic acids is 1. The number of allylic oxidation sites excluding steroid dienone is 3. The molecule has 5 nitrogen and oxygen atoms in total. The topological polar surface area (TPSA) is 67.9 Å². The van der Waals surface area contributed by atoms with E-state index in [9.17, 15) is 4.79 Å². The van der Waals surface area contributed by atoms with Crippen molar-refractivity contribution in [3.8, 4) is 22.5 Å². The number of nitrogens with one attached hydrogen (secondary N) is 1. The Kier molecular flexibility index (Phi) is 9.25. The van der Waals surface area contributed by atoms with Gasteiger partial charge in [-0.25, -0.2) is 4.79 Å². The molecule has 0 bridgehead atoms. The molecule has 1 N–H and O–H groups in total. The van der Waals surface area contributed by atoms with Crippen molar-refractivity contribution in [3.05, 3.63) is 82.0 Å². The molecule has 0 unspecified atom stereocenters. The minimum atomic E-state index is -0.296. The molecule has 0 saturated heterocycles. The van der Waals surface area contributed by atoms with E-state index in [1.165, 1.54) is 32.1 Å². The predicted octanol–water partition coefficient (Wildman–Crippen LogP) is 6.19. The number of ether oxygens (including phenoxy) is 1. The van der Waals surface area contributed by atoms with Gasteiger partial charge in [0.2, 0.25) is 0 Å². The summed E-state index contributed by atoms with van der Waals surface area (Å²) in [5.74, 6) is -0.296. The fraction of sp³-hybridized carbons (Fsp3) is 0.344. The zero-order valence-corrected chi connectivity index (χ0v) is 22.1. The van der Waals surface area contributed by atoms with Gasteiger partial charge in [0.1, 0.15) is 0 Å². The van der Waals surface area contributed by atoms with Crippen LogP contribution in [0.1, 0.15) is 64.0 Å². The predicted molar refractivity (Wildman–Crippen MR) is 151 cm³/mol. The maximum absolute atomic E-state index is 12.8. The number of rotatable bonds is 10. The van der Waals surface area contributed by atoms with E-state index in [-0.39, 0.29) is 5.97 Å². The summed E-state index contributed by atoms with van der Waals surface area (Å²) in [4.78, 5) is 17.4. The van der Waals surface area contributed by atoms with Gasteiger partial charge in [-0.1, -0.05) is 42.5 Å². The molecule has 0 fully saturated rings. The van der Waals surface area contributed by atoms with Crippen molar-refractivity contribution >= 4 is 18.6 Å². The second-order valence-corrected chi connectivity index (χ2v) is 9.68. The van der Waals surface area contributed by atoms with E-state index in [0.29, 0.717) is 12.2 Å². The van der Waals surface area contributed by atoms with Gasteiger partial charge >= 0.3 is 5.97 Å². The molecule has 1 aromatic carbocycles. The van der Waals surface area contributed by atoms with Crippen molar-refractivity contribution in [1.29, 1.82) is 0 Å². The summed E-state index contributed by atoms with van der Waals surface area (Å²) in [6.07, 6.45) is 17.3. The Bertz CT molecular complexity index is 1400. The number of nitrogens with zero attached hydrogens (tertiary/aromatic N) is 2. The lowest BCUT2D eigenvalue weighted by Crippen LogP contribution is -2.24. The number of pyridine rings is 1. The van der Waals surface area contributed by atoms with Crippen molar-refractivity contribution in [1.82, 2.24) is 15.2 Å². The van der Waals surface area contributed by atoms with Crippen molar-refractivity contribution in [2.45, 2.75) is 65.2 Å². The van der Waals surface area contributed by atoms with E-state index in [1.54, 1.807) is 17.8 Å². The summed E-state index contributed by atoms with van der Waals surface area (Å²) in [7, 11) is 0. The largest absolute Gasteiger partial charge is 0.462 e. The molecule has 0 amide bonds. The maximum Gasteiger partial charge on any atom is 0.337 e. The third-order valence-corrected chi connectivity index (χ3v) is 6.86. The Morgan fingerprint density at radius 2 is 2.05 bits per heavy atom. The van der Waals surface area contributed by atoms with Gasteiger partial charge in [-0.05, 0) is 105 Å². The fourth-order valence-electron chi connectivity index (χ4n) is 4.72. The normalized spacial score (nSPS) is 14.5. The minimum absolute atomic E-state index is 0.296. The third kappa shape index (κ3) is 7.16. The number of carbonyl (C=O) groups is 1. The van der Waals surface area contributed by atoms with Crippen molar-refractivity contribution in [2.24, 2.45) is 0 Å². The van der Waals surface area contributed by atoms with Crippen molar-refractivity contribution in [3.63, 3.8) is 0 Å². The molecule has 0 atom stereocenters. The summed E-state index contributed by atoms with van der Waals surface area (Å²) < 4.78 is 5.59. The maximum atomic E-state index is 12.8. The van der Waals surface area contributed by atoms with E-state index in [0.717, 1.165) is 57.9 Å². The van der Waals surface area contributed by atoms with Crippen LogP contribution in [0.2, 0.25) is 0 Å². The highest BCUT2D eigenvalue weighted by Gasteiger charge is 2.12. The first-order chi connectivity index (χ1) is 18.0. The fourth-order valence-corrected chi connectivity index (χ4v) is 4.72. The lowest BCUT2D eigenvalue weighted by atomic mass is 9.95. The highest BCUT2D eigenvalue weighted by atomic mass is 16.5. The molecule has 0 radical (unpaired) electrons. The van der Waals surface area contributed by atoms with Gasteiger partial charge in [-0.15, -0.1) is 0 Å². The molecule has 1 aliphatic carbocycles. The third-order valence-electron chi connectivity index (χ3n) is 6.86. The summed E-state index contributed by atoms with van der Waals surface area (Å²) >= 11 is 0.